The third-order valence-corrected chi connectivity index (χ3v) is 5.54. The van der Waals surface area contributed by atoms with Gasteiger partial charge in [0.15, 0.2) is 23.0 Å². The minimum absolute atomic E-state index is 0.481. The van der Waals surface area contributed by atoms with Gasteiger partial charge in [0, 0.05) is 0 Å². The third kappa shape index (κ3) is 3.08. The first-order valence-corrected chi connectivity index (χ1v) is 9.37. The minimum Gasteiger partial charge on any atom is -0.493 e. The molecule has 2 aliphatic heterocycles. The standard InChI is InChI=1S/C22H22O8/c1-25-13-7-5-11(9-15(13)27-3)19-17-18(22(24)29-19)20(30-21(17)23)12-6-8-14(26-2)16(10-12)28-4/h5-10,17-20H,1-4H3/t17-,18-,19-,20+/m0/s1. The summed E-state index contributed by atoms with van der Waals surface area (Å²) >= 11 is 0. The Bertz CT molecular complexity index is 906. The van der Waals surface area contributed by atoms with Crippen molar-refractivity contribution in [1.29, 1.82) is 0 Å². The predicted octanol–water partition coefficient (Wildman–Crippen LogP) is 2.85. The third-order valence-electron chi connectivity index (χ3n) is 5.54. The van der Waals surface area contributed by atoms with E-state index in [1.165, 1.54) is 28.4 Å². The molecule has 2 saturated heterocycles. The van der Waals surface area contributed by atoms with Crippen molar-refractivity contribution in [3.63, 3.8) is 0 Å². The summed E-state index contributed by atoms with van der Waals surface area (Å²) in [5.74, 6) is -0.425. The van der Waals surface area contributed by atoms with Crippen molar-refractivity contribution in [2.75, 3.05) is 28.4 Å². The summed E-state index contributed by atoms with van der Waals surface area (Å²) in [6, 6.07) is 10.3. The van der Waals surface area contributed by atoms with Crippen molar-refractivity contribution in [2.45, 2.75) is 12.2 Å². The zero-order valence-electron chi connectivity index (χ0n) is 17.0. The molecule has 0 aliphatic carbocycles. The first-order valence-electron chi connectivity index (χ1n) is 9.37. The maximum absolute atomic E-state index is 12.8. The molecule has 2 aliphatic rings. The monoisotopic (exact) mass is 414 g/mol. The normalized spacial score (nSPS) is 24.7. The average Bonchev–Trinajstić information content (AvgIpc) is 3.30. The number of hydrogen-bond donors (Lipinski definition) is 0. The Morgan fingerprint density at radius 3 is 1.30 bits per heavy atom. The Balaban J connectivity index is 1.68. The summed E-state index contributed by atoms with van der Waals surface area (Å²) < 4.78 is 32.4. The van der Waals surface area contributed by atoms with E-state index in [-0.39, 0.29) is 0 Å². The number of rotatable bonds is 6. The molecule has 0 saturated carbocycles. The second kappa shape index (κ2) is 7.78. The molecule has 2 heterocycles. The molecule has 0 spiro atoms. The molecule has 0 N–H and O–H groups in total. The van der Waals surface area contributed by atoms with Gasteiger partial charge < -0.3 is 28.4 Å². The Morgan fingerprint density at radius 2 is 0.967 bits per heavy atom. The van der Waals surface area contributed by atoms with Crippen LogP contribution in [0.2, 0.25) is 0 Å². The molecule has 0 bridgehead atoms. The van der Waals surface area contributed by atoms with Gasteiger partial charge in [-0.3, -0.25) is 9.59 Å². The van der Waals surface area contributed by atoms with Gasteiger partial charge >= 0.3 is 11.9 Å². The maximum Gasteiger partial charge on any atom is 0.314 e. The van der Waals surface area contributed by atoms with Crippen LogP contribution in [0, 0.1) is 11.8 Å². The van der Waals surface area contributed by atoms with Gasteiger partial charge in [0.25, 0.3) is 0 Å². The number of carbonyl (C=O) groups is 2. The highest BCUT2D eigenvalue weighted by Gasteiger charge is 2.60. The van der Waals surface area contributed by atoms with Crippen molar-refractivity contribution >= 4 is 11.9 Å². The van der Waals surface area contributed by atoms with E-state index in [0.717, 1.165) is 0 Å². The predicted molar refractivity (Wildman–Crippen MR) is 104 cm³/mol. The van der Waals surface area contributed by atoms with Gasteiger partial charge in [-0.05, 0) is 35.4 Å². The fraction of sp³-hybridized carbons (Fsp3) is 0.364. The summed E-state index contributed by atoms with van der Waals surface area (Å²) in [6.45, 7) is 0. The molecule has 0 amide bonds. The number of esters is 2. The molecule has 2 aromatic rings. The van der Waals surface area contributed by atoms with Crippen LogP contribution in [0.5, 0.6) is 23.0 Å². The fourth-order valence-electron chi connectivity index (χ4n) is 4.08. The van der Waals surface area contributed by atoms with Gasteiger partial charge in [-0.25, -0.2) is 0 Å². The number of hydrogen-bond acceptors (Lipinski definition) is 8. The Labute approximate surface area is 173 Å². The lowest BCUT2D eigenvalue weighted by Gasteiger charge is -2.17. The van der Waals surface area contributed by atoms with Crippen molar-refractivity contribution in [2.24, 2.45) is 11.8 Å². The van der Waals surface area contributed by atoms with Crippen LogP contribution < -0.4 is 18.9 Å². The van der Waals surface area contributed by atoms with Crippen molar-refractivity contribution < 1.29 is 38.0 Å². The number of carbonyl (C=O) groups excluding carboxylic acids is 2. The van der Waals surface area contributed by atoms with Crippen LogP contribution in [0.25, 0.3) is 0 Å². The first-order chi connectivity index (χ1) is 14.5. The largest absolute Gasteiger partial charge is 0.493 e. The summed E-state index contributed by atoms with van der Waals surface area (Å²) in [7, 11) is 6.10. The van der Waals surface area contributed by atoms with E-state index in [1.807, 2.05) is 0 Å². The Hall–Kier alpha value is -3.42. The van der Waals surface area contributed by atoms with Gasteiger partial charge in [-0.1, -0.05) is 12.1 Å². The maximum atomic E-state index is 12.8. The first kappa shape index (κ1) is 19.9. The van der Waals surface area contributed by atoms with Crippen LogP contribution in [-0.2, 0) is 19.1 Å². The molecule has 158 valence electrons. The minimum atomic E-state index is -0.764. The highest BCUT2D eigenvalue weighted by atomic mass is 16.6. The number of fused-ring (bicyclic) bond motifs is 1. The number of ether oxygens (including phenoxy) is 6. The van der Waals surface area contributed by atoms with Crippen LogP contribution in [0.15, 0.2) is 36.4 Å². The molecule has 0 radical (unpaired) electrons. The van der Waals surface area contributed by atoms with E-state index >= 15 is 0 Å². The fourth-order valence-corrected chi connectivity index (χ4v) is 4.08. The zero-order valence-corrected chi connectivity index (χ0v) is 17.0. The number of cyclic esters (lactones) is 2. The Morgan fingerprint density at radius 1 is 0.600 bits per heavy atom. The van der Waals surface area contributed by atoms with E-state index in [1.54, 1.807) is 36.4 Å². The van der Waals surface area contributed by atoms with E-state index in [4.69, 9.17) is 28.4 Å². The molecule has 2 aromatic carbocycles. The van der Waals surface area contributed by atoms with Crippen molar-refractivity contribution in [3.05, 3.63) is 47.5 Å². The molecule has 2 fully saturated rings. The van der Waals surface area contributed by atoms with Gasteiger partial charge in [0.2, 0.25) is 0 Å². The second-order valence-corrected chi connectivity index (χ2v) is 7.00. The number of benzene rings is 2. The van der Waals surface area contributed by atoms with Gasteiger partial charge in [0.05, 0.1) is 28.4 Å². The quantitative estimate of drug-likeness (QED) is 0.667. The van der Waals surface area contributed by atoms with Crippen LogP contribution >= 0.6 is 0 Å². The van der Waals surface area contributed by atoms with Crippen LogP contribution in [0.3, 0.4) is 0 Å². The van der Waals surface area contributed by atoms with Crippen molar-refractivity contribution in [1.82, 2.24) is 0 Å². The van der Waals surface area contributed by atoms with Crippen molar-refractivity contribution in [3.8, 4) is 23.0 Å². The van der Waals surface area contributed by atoms with Gasteiger partial charge in [0.1, 0.15) is 24.0 Å². The van der Waals surface area contributed by atoms with E-state index in [0.29, 0.717) is 34.1 Å². The lowest BCUT2D eigenvalue weighted by molar-refractivity contribution is -0.154. The van der Waals surface area contributed by atoms with Crippen LogP contribution in [-0.4, -0.2) is 40.4 Å². The van der Waals surface area contributed by atoms with E-state index in [9.17, 15) is 9.59 Å². The molecule has 30 heavy (non-hydrogen) atoms. The van der Waals surface area contributed by atoms with E-state index in [2.05, 4.69) is 0 Å². The molecule has 4 atom stereocenters. The SMILES string of the molecule is COc1ccc([C@H]2OC(=O)[C@H]3[C@@H]2C(=O)O[C@H]3c2ccc(OC)c(OC)c2)cc1OC. The average molecular weight is 414 g/mol. The molecular formula is C22H22O8. The van der Waals surface area contributed by atoms with Gasteiger partial charge in [-0.15, -0.1) is 0 Å². The summed E-state index contributed by atoms with van der Waals surface area (Å²) in [5.41, 5.74) is 1.27. The molecule has 4 rings (SSSR count). The molecular weight excluding hydrogens is 392 g/mol. The highest BCUT2D eigenvalue weighted by molar-refractivity contribution is 5.89. The summed E-state index contributed by atoms with van der Waals surface area (Å²) in [4.78, 5) is 25.5. The molecule has 0 unspecified atom stereocenters. The topological polar surface area (TPSA) is 89.5 Å². The lowest BCUT2D eigenvalue weighted by Crippen LogP contribution is -2.19. The molecule has 8 heteroatoms. The smallest absolute Gasteiger partial charge is 0.314 e. The summed E-state index contributed by atoms with van der Waals surface area (Å²) in [6.07, 6.45) is -1.53. The van der Waals surface area contributed by atoms with Gasteiger partial charge in [-0.2, -0.15) is 0 Å². The number of methoxy groups -OCH3 is 4. The zero-order chi connectivity index (χ0) is 21.4. The second-order valence-electron chi connectivity index (χ2n) is 7.00. The lowest BCUT2D eigenvalue weighted by atomic mass is 9.84. The molecule has 0 aromatic heterocycles. The van der Waals surface area contributed by atoms with Crippen LogP contribution in [0.4, 0.5) is 0 Å². The highest BCUT2D eigenvalue weighted by Crippen LogP contribution is 2.52. The molecule has 8 nitrogen and oxygen atoms in total. The van der Waals surface area contributed by atoms with Crippen LogP contribution in [0.1, 0.15) is 23.3 Å². The summed E-state index contributed by atoms with van der Waals surface area (Å²) in [5, 5.41) is 0. The Kier molecular flexibility index (Phi) is 5.15. The van der Waals surface area contributed by atoms with E-state index < -0.39 is 36.0 Å².